The molecule has 1 saturated heterocycles. The van der Waals surface area contributed by atoms with Crippen LogP contribution in [0.25, 0.3) is 3.58 Å². The van der Waals surface area contributed by atoms with Crippen LogP contribution in [-0.4, -0.2) is 32.9 Å². The lowest BCUT2D eigenvalue weighted by molar-refractivity contribution is 0.323. The van der Waals surface area contributed by atoms with Gasteiger partial charge in [0.05, 0.1) is 12.0 Å². The molecule has 0 saturated carbocycles. The minimum atomic E-state index is -3.50. The molecule has 0 amide bonds. The van der Waals surface area contributed by atoms with Crippen LogP contribution in [-0.2, 0) is 15.4 Å². The second-order valence-electron chi connectivity index (χ2n) is 7.44. The van der Waals surface area contributed by atoms with Gasteiger partial charge in [-0.2, -0.15) is 4.31 Å². The van der Waals surface area contributed by atoms with E-state index in [0.717, 1.165) is 21.3 Å². The first kappa shape index (κ1) is 19.0. The lowest BCUT2D eigenvalue weighted by Crippen LogP contribution is -2.44. The first-order chi connectivity index (χ1) is 12.8. The molecule has 2 aromatic carbocycles. The van der Waals surface area contributed by atoms with Crippen molar-refractivity contribution < 1.29 is 13.2 Å². The summed E-state index contributed by atoms with van der Waals surface area (Å²) in [6.45, 7) is 5.13. The van der Waals surface area contributed by atoms with Crippen LogP contribution in [0.2, 0.25) is 0 Å². The normalized spacial score (nSPS) is 22.5. The third-order valence-corrected chi connectivity index (χ3v) is 8.93. The van der Waals surface area contributed by atoms with E-state index in [4.69, 9.17) is 4.74 Å². The van der Waals surface area contributed by atoms with Crippen LogP contribution in [0.15, 0.2) is 52.9 Å². The highest BCUT2D eigenvalue weighted by Gasteiger charge is 2.46. The summed E-state index contributed by atoms with van der Waals surface area (Å²) in [5, 5.41) is 0. The summed E-state index contributed by atoms with van der Waals surface area (Å²) in [7, 11) is -1.82. The fourth-order valence-electron chi connectivity index (χ4n) is 4.06. The lowest BCUT2D eigenvalue weighted by atomic mass is 9.74. The zero-order valence-corrected chi connectivity index (χ0v) is 18.6. The van der Waals surface area contributed by atoms with E-state index in [9.17, 15) is 8.42 Å². The summed E-state index contributed by atoms with van der Waals surface area (Å²) in [5.41, 5.74) is 4.54. The summed E-state index contributed by atoms with van der Waals surface area (Å²) in [5.74, 6) is 0.843. The molecule has 6 heteroatoms. The van der Waals surface area contributed by atoms with Crippen LogP contribution < -0.4 is 4.74 Å². The van der Waals surface area contributed by atoms with E-state index in [2.05, 4.69) is 41.6 Å². The Labute approximate surface area is 174 Å². The molecule has 1 unspecified atom stereocenters. The standard InChI is InChI=1S/C21H22INO3S/c1-14-4-7-16(8-5-14)27(24,25)23-11-10-21(2)18-12-15(26-3)6-9-17(18)20(22)19(21)13-23/h4-9,12H,10-11,13H2,1-3H3. The Hall–Kier alpha value is -1.38. The Bertz CT molecular complexity index is 1040. The highest BCUT2D eigenvalue weighted by molar-refractivity contribution is 14.1. The van der Waals surface area contributed by atoms with E-state index in [1.807, 2.05) is 25.1 Å². The SMILES string of the molecule is COc1ccc2c(c1)C1(C)CCN(S(=O)(=O)c3ccc(C)cc3)CC1=C2I. The van der Waals surface area contributed by atoms with Crippen LogP contribution in [0.1, 0.15) is 30.0 Å². The largest absolute Gasteiger partial charge is 0.497 e. The van der Waals surface area contributed by atoms with E-state index in [1.165, 1.54) is 16.7 Å². The molecule has 0 bridgehead atoms. The maximum absolute atomic E-state index is 13.2. The molecule has 1 aliphatic heterocycles. The van der Waals surface area contributed by atoms with Crippen molar-refractivity contribution >= 4 is 36.2 Å². The number of aryl methyl sites for hydroxylation is 1. The first-order valence-electron chi connectivity index (χ1n) is 8.92. The second-order valence-corrected chi connectivity index (χ2v) is 10.5. The van der Waals surface area contributed by atoms with E-state index >= 15 is 0 Å². The van der Waals surface area contributed by atoms with Crippen molar-refractivity contribution in [3.05, 3.63) is 64.7 Å². The zero-order valence-electron chi connectivity index (χ0n) is 15.6. The van der Waals surface area contributed by atoms with E-state index in [-0.39, 0.29) is 5.41 Å². The summed E-state index contributed by atoms with van der Waals surface area (Å²) >= 11 is 2.37. The minimum Gasteiger partial charge on any atom is -0.497 e. The number of ether oxygens (including phenoxy) is 1. The van der Waals surface area contributed by atoms with E-state index < -0.39 is 10.0 Å². The van der Waals surface area contributed by atoms with Crippen LogP contribution >= 0.6 is 22.6 Å². The molecule has 0 spiro atoms. The Kier molecular flexibility index (Phi) is 4.63. The summed E-state index contributed by atoms with van der Waals surface area (Å²) in [6.07, 6.45) is 0.764. The maximum atomic E-state index is 13.2. The zero-order chi connectivity index (χ0) is 19.4. The fraction of sp³-hybridized carbons (Fsp3) is 0.333. The van der Waals surface area contributed by atoms with Crippen LogP contribution in [0.3, 0.4) is 0 Å². The number of rotatable bonds is 3. The summed E-state index contributed by atoms with van der Waals surface area (Å²) in [6, 6.07) is 13.3. The number of methoxy groups -OCH3 is 1. The Morgan fingerprint density at radius 3 is 2.52 bits per heavy atom. The van der Waals surface area contributed by atoms with Crippen molar-refractivity contribution in [3.8, 4) is 5.75 Å². The molecule has 1 heterocycles. The minimum absolute atomic E-state index is 0.139. The molecule has 142 valence electrons. The van der Waals surface area contributed by atoms with Crippen molar-refractivity contribution in [1.82, 2.24) is 4.31 Å². The second kappa shape index (κ2) is 6.60. The van der Waals surface area contributed by atoms with Gasteiger partial charge in [0.1, 0.15) is 5.75 Å². The van der Waals surface area contributed by atoms with Gasteiger partial charge in [0.2, 0.25) is 10.0 Å². The number of hydrogen-bond acceptors (Lipinski definition) is 3. The maximum Gasteiger partial charge on any atom is 0.243 e. The van der Waals surface area contributed by atoms with Crippen molar-refractivity contribution in [2.24, 2.45) is 0 Å². The van der Waals surface area contributed by atoms with Gasteiger partial charge in [-0.1, -0.05) is 24.6 Å². The predicted molar refractivity (Wildman–Crippen MR) is 116 cm³/mol. The van der Waals surface area contributed by atoms with Gasteiger partial charge in [-0.3, -0.25) is 0 Å². The molecular weight excluding hydrogens is 473 g/mol. The number of halogens is 1. The van der Waals surface area contributed by atoms with Crippen molar-refractivity contribution in [3.63, 3.8) is 0 Å². The quantitative estimate of drug-likeness (QED) is 0.589. The Balaban J connectivity index is 1.71. The third-order valence-electron chi connectivity index (χ3n) is 5.84. The molecule has 2 aromatic rings. The fourth-order valence-corrected chi connectivity index (χ4v) is 6.71. The monoisotopic (exact) mass is 495 g/mol. The first-order valence-corrected chi connectivity index (χ1v) is 11.4. The highest BCUT2D eigenvalue weighted by atomic mass is 127. The van der Waals surface area contributed by atoms with E-state index in [1.54, 1.807) is 23.5 Å². The Morgan fingerprint density at radius 1 is 1.15 bits per heavy atom. The van der Waals surface area contributed by atoms with Crippen LogP contribution in [0.5, 0.6) is 5.75 Å². The topological polar surface area (TPSA) is 46.6 Å². The van der Waals surface area contributed by atoms with Gasteiger partial charge < -0.3 is 4.74 Å². The number of benzene rings is 2. The molecule has 27 heavy (non-hydrogen) atoms. The summed E-state index contributed by atoms with van der Waals surface area (Å²) < 4.78 is 34.5. The number of sulfonamides is 1. The van der Waals surface area contributed by atoms with E-state index in [0.29, 0.717) is 18.0 Å². The van der Waals surface area contributed by atoms with Crippen molar-refractivity contribution in [2.75, 3.05) is 20.2 Å². The Morgan fingerprint density at radius 2 is 1.85 bits per heavy atom. The van der Waals surface area contributed by atoms with Crippen LogP contribution in [0, 0.1) is 6.92 Å². The molecule has 0 N–H and O–H groups in total. The van der Waals surface area contributed by atoms with Crippen molar-refractivity contribution in [1.29, 1.82) is 0 Å². The number of hydrogen-bond donors (Lipinski definition) is 0. The van der Waals surface area contributed by atoms with Crippen LogP contribution in [0.4, 0.5) is 0 Å². The molecule has 1 aliphatic carbocycles. The predicted octanol–water partition coefficient (Wildman–Crippen LogP) is 4.52. The molecule has 0 aromatic heterocycles. The number of piperidine rings is 1. The van der Waals surface area contributed by atoms with Crippen molar-refractivity contribution in [2.45, 2.75) is 30.6 Å². The molecular formula is C21H22INO3S. The summed E-state index contributed by atoms with van der Waals surface area (Å²) in [4.78, 5) is 0.365. The van der Waals surface area contributed by atoms with Gasteiger partial charge in [-0.15, -0.1) is 0 Å². The number of nitrogens with zero attached hydrogens (tertiary/aromatic N) is 1. The molecule has 1 atom stereocenters. The molecule has 4 rings (SSSR count). The molecule has 0 radical (unpaired) electrons. The van der Waals surface area contributed by atoms with Gasteiger partial charge in [-0.05, 0) is 83.0 Å². The average molecular weight is 495 g/mol. The molecule has 2 aliphatic rings. The van der Waals surface area contributed by atoms with Gasteiger partial charge >= 0.3 is 0 Å². The van der Waals surface area contributed by atoms with Gasteiger partial charge in [0.25, 0.3) is 0 Å². The smallest absolute Gasteiger partial charge is 0.243 e. The average Bonchev–Trinajstić information content (AvgIpc) is 2.88. The van der Waals surface area contributed by atoms with Gasteiger partial charge in [0, 0.05) is 22.1 Å². The number of fused-ring (bicyclic) bond motifs is 3. The molecule has 4 nitrogen and oxygen atoms in total. The third kappa shape index (κ3) is 2.93. The van der Waals surface area contributed by atoms with Gasteiger partial charge in [0.15, 0.2) is 0 Å². The lowest BCUT2D eigenvalue weighted by Gasteiger charge is -2.39. The van der Waals surface area contributed by atoms with Gasteiger partial charge in [-0.25, -0.2) is 8.42 Å². The highest BCUT2D eigenvalue weighted by Crippen LogP contribution is 2.53. The molecule has 1 fully saturated rings.